The van der Waals surface area contributed by atoms with Gasteiger partial charge >= 0.3 is 6.03 Å². The van der Waals surface area contributed by atoms with Crippen LogP contribution in [0.2, 0.25) is 0 Å². The van der Waals surface area contributed by atoms with Crippen molar-refractivity contribution in [3.05, 3.63) is 29.8 Å². The molecule has 0 atom stereocenters. The van der Waals surface area contributed by atoms with Gasteiger partial charge in [-0.1, -0.05) is 38.8 Å². The summed E-state index contributed by atoms with van der Waals surface area (Å²) in [5.41, 5.74) is 0.135. The summed E-state index contributed by atoms with van der Waals surface area (Å²) in [6.45, 7) is 4.25. The molecule has 2 fully saturated rings. The normalized spacial score (nSPS) is 18.0. The topological polar surface area (TPSA) is 79.0 Å². The Hall–Kier alpha value is -2.57. The Morgan fingerprint density at radius 1 is 1.17 bits per heavy atom. The summed E-state index contributed by atoms with van der Waals surface area (Å²) in [5.74, 6) is 0.316. The first kappa shape index (κ1) is 21.1. The molecular weight excluding hydrogens is 370 g/mol. The van der Waals surface area contributed by atoms with Crippen LogP contribution >= 0.6 is 0 Å². The van der Waals surface area contributed by atoms with E-state index in [0.29, 0.717) is 19.4 Å². The first-order valence-corrected chi connectivity index (χ1v) is 10.5. The smallest absolute Gasteiger partial charge is 0.325 e. The third-order valence-corrected chi connectivity index (χ3v) is 5.71. The molecule has 7 heteroatoms. The number of imide groups is 1. The first-order chi connectivity index (χ1) is 13.9. The Labute approximate surface area is 172 Å². The van der Waals surface area contributed by atoms with Gasteiger partial charge in [-0.25, -0.2) is 4.79 Å². The van der Waals surface area contributed by atoms with Crippen molar-refractivity contribution >= 4 is 17.8 Å². The molecule has 1 aliphatic heterocycles. The summed E-state index contributed by atoms with van der Waals surface area (Å²) in [4.78, 5) is 41.5. The molecule has 158 valence electrons. The number of nitrogens with one attached hydrogen (secondary N) is 1. The van der Waals surface area contributed by atoms with Crippen molar-refractivity contribution in [3.8, 4) is 5.75 Å². The van der Waals surface area contributed by atoms with E-state index in [1.807, 2.05) is 38.1 Å². The van der Waals surface area contributed by atoms with E-state index in [1.165, 1.54) is 0 Å². The van der Waals surface area contributed by atoms with E-state index < -0.39 is 11.6 Å². The molecule has 0 spiro atoms. The van der Waals surface area contributed by atoms with Crippen LogP contribution in [0.15, 0.2) is 24.3 Å². The van der Waals surface area contributed by atoms with Crippen LogP contribution in [0.1, 0.15) is 57.9 Å². The van der Waals surface area contributed by atoms with E-state index in [2.05, 4.69) is 5.32 Å². The molecule has 1 saturated heterocycles. The van der Waals surface area contributed by atoms with Gasteiger partial charge < -0.3 is 15.0 Å². The van der Waals surface area contributed by atoms with E-state index in [-0.39, 0.29) is 24.4 Å². The molecule has 0 aromatic heterocycles. The number of hydrogen-bond acceptors (Lipinski definition) is 4. The molecule has 0 bridgehead atoms. The summed E-state index contributed by atoms with van der Waals surface area (Å²) in [5, 5.41) is 2.87. The maximum absolute atomic E-state index is 13.1. The van der Waals surface area contributed by atoms with Gasteiger partial charge in [0, 0.05) is 12.6 Å². The fraction of sp³-hybridized carbons (Fsp3) is 0.591. The van der Waals surface area contributed by atoms with Crippen molar-refractivity contribution in [2.24, 2.45) is 0 Å². The molecule has 2 aliphatic rings. The number of benzene rings is 1. The largest absolute Gasteiger partial charge is 0.497 e. The van der Waals surface area contributed by atoms with Gasteiger partial charge in [0.05, 0.1) is 7.11 Å². The fourth-order valence-electron chi connectivity index (χ4n) is 4.10. The second-order valence-corrected chi connectivity index (χ2v) is 8.00. The van der Waals surface area contributed by atoms with Crippen LogP contribution in [0.5, 0.6) is 5.75 Å². The summed E-state index contributed by atoms with van der Waals surface area (Å²) in [7, 11) is 1.62. The van der Waals surface area contributed by atoms with Crippen LogP contribution in [0.3, 0.4) is 0 Å². The van der Waals surface area contributed by atoms with Gasteiger partial charge in [-0.3, -0.25) is 14.5 Å². The van der Waals surface area contributed by atoms with E-state index in [9.17, 15) is 14.4 Å². The lowest BCUT2D eigenvalue weighted by Crippen LogP contribution is -2.48. The predicted octanol–water partition coefficient (Wildman–Crippen LogP) is 3.08. The third-order valence-electron chi connectivity index (χ3n) is 5.71. The quantitative estimate of drug-likeness (QED) is 0.611. The number of ether oxygens (including phenoxy) is 1. The predicted molar refractivity (Wildman–Crippen MR) is 109 cm³/mol. The minimum absolute atomic E-state index is 0.182. The molecule has 1 aromatic carbocycles. The van der Waals surface area contributed by atoms with Gasteiger partial charge in [0.25, 0.3) is 5.91 Å². The standard InChI is InChI=1S/C22H31N3O4/c1-4-12-22(13-5-2)20(27)25(21(28)23-22)15-19(26)24(17-8-9-17)14-16-6-10-18(29-3)11-7-16/h6-7,10-11,17H,4-5,8-9,12-15H2,1-3H3,(H,23,28). The summed E-state index contributed by atoms with van der Waals surface area (Å²) in [6.07, 6.45) is 4.68. The van der Waals surface area contributed by atoms with Crippen molar-refractivity contribution < 1.29 is 19.1 Å². The summed E-state index contributed by atoms with van der Waals surface area (Å²) in [6, 6.07) is 7.33. The molecule has 0 radical (unpaired) electrons. The van der Waals surface area contributed by atoms with Crippen molar-refractivity contribution in [3.63, 3.8) is 0 Å². The van der Waals surface area contributed by atoms with Crippen LogP contribution in [-0.4, -0.2) is 52.9 Å². The molecule has 1 N–H and O–H groups in total. The van der Waals surface area contributed by atoms with E-state index >= 15 is 0 Å². The van der Waals surface area contributed by atoms with Crippen LogP contribution < -0.4 is 10.1 Å². The minimum atomic E-state index is -0.860. The van der Waals surface area contributed by atoms with Crippen molar-refractivity contribution in [1.29, 1.82) is 0 Å². The van der Waals surface area contributed by atoms with Gasteiger partial charge in [0.15, 0.2) is 0 Å². The average Bonchev–Trinajstić information content (AvgIpc) is 3.52. The van der Waals surface area contributed by atoms with E-state index in [0.717, 1.165) is 41.9 Å². The van der Waals surface area contributed by atoms with E-state index in [4.69, 9.17) is 4.74 Å². The van der Waals surface area contributed by atoms with Crippen LogP contribution in [0.4, 0.5) is 4.79 Å². The van der Waals surface area contributed by atoms with Crippen LogP contribution in [0, 0.1) is 0 Å². The molecule has 4 amide bonds. The Balaban J connectivity index is 1.71. The van der Waals surface area contributed by atoms with Gasteiger partial charge in [-0.15, -0.1) is 0 Å². The lowest BCUT2D eigenvalue weighted by atomic mass is 9.88. The van der Waals surface area contributed by atoms with Gasteiger partial charge in [-0.05, 0) is 43.4 Å². The zero-order chi connectivity index (χ0) is 21.0. The monoisotopic (exact) mass is 401 g/mol. The number of nitrogens with zero attached hydrogens (tertiary/aromatic N) is 2. The maximum atomic E-state index is 13.1. The SMILES string of the molecule is CCCC1(CCC)NC(=O)N(CC(=O)N(Cc2ccc(OC)cc2)C2CC2)C1=O. The molecule has 1 saturated carbocycles. The molecule has 1 aliphatic carbocycles. The number of amides is 4. The Morgan fingerprint density at radius 3 is 2.31 bits per heavy atom. The van der Waals surface area contributed by atoms with Gasteiger partial charge in [0.2, 0.25) is 5.91 Å². The second-order valence-electron chi connectivity index (χ2n) is 8.00. The molecule has 7 nitrogen and oxygen atoms in total. The lowest BCUT2D eigenvalue weighted by molar-refractivity contribution is -0.140. The van der Waals surface area contributed by atoms with Gasteiger partial charge in [-0.2, -0.15) is 0 Å². The highest BCUT2D eigenvalue weighted by Crippen LogP contribution is 2.31. The minimum Gasteiger partial charge on any atom is -0.497 e. The van der Waals surface area contributed by atoms with Crippen molar-refractivity contribution in [2.45, 2.75) is 70.5 Å². The van der Waals surface area contributed by atoms with E-state index in [1.54, 1.807) is 12.0 Å². The number of carbonyl (C=O) groups is 3. The Morgan fingerprint density at radius 2 is 1.79 bits per heavy atom. The third kappa shape index (κ3) is 4.54. The lowest BCUT2D eigenvalue weighted by Gasteiger charge is -2.27. The van der Waals surface area contributed by atoms with Crippen LogP contribution in [0.25, 0.3) is 0 Å². The highest BCUT2D eigenvalue weighted by atomic mass is 16.5. The summed E-state index contributed by atoms with van der Waals surface area (Å²) >= 11 is 0. The highest BCUT2D eigenvalue weighted by Gasteiger charge is 2.50. The molecular formula is C22H31N3O4. The second kappa shape index (κ2) is 8.84. The molecule has 29 heavy (non-hydrogen) atoms. The number of rotatable bonds is 10. The number of carbonyl (C=O) groups excluding carboxylic acids is 3. The summed E-state index contributed by atoms with van der Waals surface area (Å²) < 4.78 is 5.18. The molecule has 3 rings (SSSR count). The highest BCUT2D eigenvalue weighted by molar-refractivity contribution is 6.09. The van der Waals surface area contributed by atoms with Crippen molar-refractivity contribution in [2.75, 3.05) is 13.7 Å². The Kier molecular flexibility index (Phi) is 6.45. The molecule has 1 aromatic rings. The maximum Gasteiger partial charge on any atom is 0.325 e. The first-order valence-electron chi connectivity index (χ1n) is 10.5. The average molecular weight is 402 g/mol. The fourth-order valence-corrected chi connectivity index (χ4v) is 4.10. The molecule has 0 unspecified atom stereocenters. The van der Waals surface area contributed by atoms with Crippen molar-refractivity contribution in [1.82, 2.24) is 15.1 Å². The van der Waals surface area contributed by atoms with Gasteiger partial charge in [0.1, 0.15) is 17.8 Å². The van der Waals surface area contributed by atoms with Crippen LogP contribution in [-0.2, 0) is 16.1 Å². The Bertz CT molecular complexity index is 752. The number of urea groups is 1. The zero-order valence-corrected chi connectivity index (χ0v) is 17.6. The molecule has 1 heterocycles. The number of hydrogen-bond donors (Lipinski definition) is 1. The number of methoxy groups -OCH3 is 1. The zero-order valence-electron chi connectivity index (χ0n) is 17.6.